The molecule has 1 aliphatic heterocycles. The molecule has 36 heavy (non-hydrogen) atoms. The molecule has 0 radical (unpaired) electrons. The number of carbonyl (C=O) groups is 2. The molecule has 0 saturated carbocycles. The van der Waals surface area contributed by atoms with Crippen LogP contribution in [0.4, 0.5) is 4.39 Å². The Balaban J connectivity index is 1.48. The second-order valence-electron chi connectivity index (χ2n) is 9.56. The van der Waals surface area contributed by atoms with Gasteiger partial charge >= 0.3 is 0 Å². The molecule has 3 aromatic rings. The number of carbonyl (C=O) groups excluding carboxylic acids is 2. The summed E-state index contributed by atoms with van der Waals surface area (Å²) >= 11 is 5.96. The van der Waals surface area contributed by atoms with Crippen LogP contribution in [-0.4, -0.2) is 46.8 Å². The van der Waals surface area contributed by atoms with Gasteiger partial charge in [0.25, 0.3) is 0 Å². The van der Waals surface area contributed by atoms with Crippen LogP contribution < -0.4 is 5.32 Å². The van der Waals surface area contributed by atoms with Crippen LogP contribution in [0.1, 0.15) is 31.9 Å². The lowest BCUT2D eigenvalue weighted by Crippen LogP contribution is -2.64. The minimum absolute atomic E-state index is 0.0703. The third-order valence-electron chi connectivity index (χ3n) is 6.47. The standard InChI is InChI=1S/C28H31ClFN3O3/c1-18(2)28(35)33-19(3)15-32(16-22-6-4-7-23(29)26(22)30)17-24(33)27(34)31-14-20-9-11-21(12-10-20)25-8-5-13-36-25/h4-13,18-19,24H,14-17H2,1-3H3,(H,31,34). The maximum absolute atomic E-state index is 14.5. The highest BCUT2D eigenvalue weighted by Gasteiger charge is 2.40. The molecule has 0 bridgehead atoms. The molecule has 1 fully saturated rings. The molecular formula is C28H31ClFN3O3. The number of rotatable bonds is 7. The zero-order chi connectivity index (χ0) is 25.8. The number of nitrogens with one attached hydrogen (secondary N) is 1. The van der Waals surface area contributed by atoms with Crippen molar-refractivity contribution in [1.82, 2.24) is 15.1 Å². The first-order chi connectivity index (χ1) is 17.2. The topological polar surface area (TPSA) is 65.8 Å². The summed E-state index contributed by atoms with van der Waals surface area (Å²) in [5, 5.41) is 3.06. The van der Waals surface area contributed by atoms with Gasteiger partial charge in [0.1, 0.15) is 17.6 Å². The Bertz CT molecular complexity index is 1200. The first-order valence-corrected chi connectivity index (χ1v) is 12.5. The van der Waals surface area contributed by atoms with Crippen molar-refractivity contribution in [1.29, 1.82) is 0 Å². The third kappa shape index (κ3) is 5.79. The van der Waals surface area contributed by atoms with Crippen LogP contribution in [0.3, 0.4) is 0 Å². The number of piperazine rings is 1. The van der Waals surface area contributed by atoms with Gasteiger partial charge in [-0.15, -0.1) is 0 Å². The van der Waals surface area contributed by atoms with Crippen LogP contribution in [0.25, 0.3) is 11.3 Å². The van der Waals surface area contributed by atoms with E-state index in [1.807, 2.05) is 62.1 Å². The Hall–Kier alpha value is -3.16. The predicted molar refractivity (Wildman–Crippen MR) is 138 cm³/mol. The smallest absolute Gasteiger partial charge is 0.244 e. The Morgan fingerprint density at radius 2 is 1.86 bits per heavy atom. The molecule has 0 spiro atoms. The number of nitrogens with zero attached hydrogens (tertiary/aromatic N) is 2. The Morgan fingerprint density at radius 3 is 2.53 bits per heavy atom. The van der Waals surface area contributed by atoms with Gasteiger partial charge in [-0.3, -0.25) is 14.5 Å². The Kier molecular flexibility index (Phi) is 8.11. The van der Waals surface area contributed by atoms with Crippen molar-refractivity contribution in [3.8, 4) is 11.3 Å². The van der Waals surface area contributed by atoms with Gasteiger partial charge in [-0.05, 0) is 30.7 Å². The van der Waals surface area contributed by atoms with Crippen LogP contribution in [0.15, 0.2) is 65.3 Å². The highest BCUT2D eigenvalue weighted by Crippen LogP contribution is 2.24. The lowest BCUT2D eigenvalue weighted by molar-refractivity contribution is -0.150. The third-order valence-corrected chi connectivity index (χ3v) is 6.76. The minimum atomic E-state index is -0.687. The van der Waals surface area contributed by atoms with Crippen LogP contribution in [0.5, 0.6) is 0 Å². The summed E-state index contributed by atoms with van der Waals surface area (Å²) in [6.07, 6.45) is 1.63. The summed E-state index contributed by atoms with van der Waals surface area (Å²) < 4.78 is 20.0. The minimum Gasteiger partial charge on any atom is -0.464 e. The van der Waals surface area contributed by atoms with E-state index in [0.717, 1.165) is 16.9 Å². The van der Waals surface area contributed by atoms with E-state index in [0.29, 0.717) is 31.7 Å². The molecule has 1 aromatic heterocycles. The number of hydrogen-bond donors (Lipinski definition) is 1. The average Bonchev–Trinajstić information content (AvgIpc) is 3.40. The molecule has 2 heterocycles. The fourth-order valence-corrected chi connectivity index (χ4v) is 4.83. The molecule has 4 rings (SSSR count). The normalized spacial score (nSPS) is 18.4. The van der Waals surface area contributed by atoms with Crippen LogP contribution in [0.2, 0.25) is 5.02 Å². The predicted octanol–water partition coefficient (Wildman–Crippen LogP) is 5.11. The average molecular weight is 512 g/mol. The van der Waals surface area contributed by atoms with Crippen LogP contribution in [0, 0.1) is 11.7 Å². The SMILES string of the molecule is CC(C)C(=O)N1C(C)CN(Cc2cccc(Cl)c2F)CC1C(=O)NCc1ccc(-c2ccco2)cc1. The van der Waals surface area contributed by atoms with E-state index < -0.39 is 11.9 Å². The van der Waals surface area contributed by atoms with Crippen molar-refractivity contribution in [2.45, 2.75) is 45.9 Å². The van der Waals surface area contributed by atoms with Gasteiger partial charge in [-0.25, -0.2) is 4.39 Å². The van der Waals surface area contributed by atoms with E-state index >= 15 is 0 Å². The maximum atomic E-state index is 14.5. The van der Waals surface area contributed by atoms with Crippen molar-refractivity contribution in [2.75, 3.05) is 13.1 Å². The second kappa shape index (κ2) is 11.3. The molecule has 6 nitrogen and oxygen atoms in total. The van der Waals surface area contributed by atoms with E-state index in [9.17, 15) is 14.0 Å². The molecule has 1 saturated heterocycles. The summed E-state index contributed by atoms with van der Waals surface area (Å²) in [5.74, 6) is -0.220. The number of furan rings is 1. The monoisotopic (exact) mass is 511 g/mol. The van der Waals surface area contributed by atoms with Crippen molar-refractivity contribution in [3.05, 3.63) is 82.8 Å². The van der Waals surface area contributed by atoms with Gasteiger partial charge < -0.3 is 14.6 Å². The quantitative estimate of drug-likeness (QED) is 0.478. The summed E-state index contributed by atoms with van der Waals surface area (Å²) in [7, 11) is 0. The fourth-order valence-electron chi connectivity index (χ4n) is 4.63. The van der Waals surface area contributed by atoms with Gasteiger partial charge in [-0.2, -0.15) is 0 Å². The lowest BCUT2D eigenvalue weighted by atomic mass is 10.0. The van der Waals surface area contributed by atoms with Gasteiger partial charge in [-0.1, -0.05) is 61.8 Å². The van der Waals surface area contributed by atoms with E-state index in [1.165, 1.54) is 6.07 Å². The van der Waals surface area contributed by atoms with Gasteiger partial charge in [0.05, 0.1) is 11.3 Å². The summed E-state index contributed by atoms with van der Waals surface area (Å²) in [6, 6.07) is 15.5. The first-order valence-electron chi connectivity index (χ1n) is 12.1. The number of hydrogen-bond acceptors (Lipinski definition) is 4. The van der Waals surface area contributed by atoms with E-state index in [4.69, 9.17) is 16.0 Å². The van der Waals surface area contributed by atoms with Crippen molar-refractivity contribution >= 4 is 23.4 Å². The largest absolute Gasteiger partial charge is 0.464 e. The van der Waals surface area contributed by atoms with Gasteiger partial charge in [0.2, 0.25) is 11.8 Å². The van der Waals surface area contributed by atoms with Crippen LogP contribution in [-0.2, 0) is 22.7 Å². The molecule has 8 heteroatoms. The number of benzene rings is 2. The molecule has 2 atom stereocenters. The maximum Gasteiger partial charge on any atom is 0.244 e. The zero-order valence-corrected chi connectivity index (χ0v) is 21.5. The molecule has 2 unspecified atom stereocenters. The molecule has 1 N–H and O–H groups in total. The Morgan fingerprint density at radius 1 is 1.11 bits per heavy atom. The Labute approximate surface area is 216 Å². The van der Waals surface area contributed by atoms with Crippen LogP contribution >= 0.6 is 11.6 Å². The van der Waals surface area contributed by atoms with Gasteiger partial charge in [0, 0.05) is 49.3 Å². The first kappa shape index (κ1) is 25.9. The zero-order valence-electron chi connectivity index (χ0n) is 20.7. The highest BCUT2D eigenvalue weighted by atomic mass is 35.5. The summed E-state index contributed by atoms with van der Waals surface area (Å²) in [6.45, 7) is 7.05. The van der Waals surface area contributed by atoms with E-state index in [-0.39, 0.29) is 28.8 Å². The number of amides is 2. The molecule has 190 valence electrons. The van der Waals surface area contributed by atoms with Crippen molar-refractivity contribution in [2.24, 2.45) is 5.92 Å². The molecular weight excluding hydrogens is 481 g/mol. The van der Waals surface area contributed by atoms with E-state index in [1.54, 1.807) is 23.3 Å². The van der Waals surface area contributed by atoms with E-state index in [2.05, 4.69) is 5.32 Å². The van der Waals surface area contributed by atoms with Gasteiger partial charge in [0.15, 0.2) is 0 Å². The summed E-state index contributed by atoms with van der Waals surface area (Å²) in [4.78, 5) is 30.1. The molecule has 1 aliphatic rings. The molecule has 2 aromatic carbocycles. The lowest BCUT2D eigenvalue weighted by Gasteiger charge is -2.45. The fraction of sp³-hybridized carbons (Fsp3) is 0.357. The number of halogens is 2. The summed E-state index contributed by atoms with van der Waals surface area (Å²) in [5.41, 5.74) is 2.35. The van der Waals surface area contributed by atoms with Crippen molar-refractivity contribution in [3.63, 3.8) is 0 Å². The molecule has 0 aliphatic carbocycles. The van der Waals surface area contributed by atoms with Crippen molar-refractivity contribution < 1.29 is 18.4 Å². The highest BCUT2D eigenvalue weighted by molar-refractivity contribution is 6.30. The molecule has 2 amide bonds. The second-order valence-corrected chi connectivity index (χ2v) is 9.97.